The Kier molecular flexibility index (Phi) is 4.07. The Morgan fingerprint density at radius 2 is 2.06 bits per heavy atom. The lowest BCUT2D eigenvalue weighted by Crippen LogP contribution is -2.39. The molecule has 1 aromatic carbocycles. The Bertz CT molecular complexity index is 426. The number of halogens is 2. The molecule has 1 fully saturated rings. The monoisotopic (exact) mass is 270 g/mol. The number of nitrogens with one attached hydrogen (secondary N) is 1. The van der Waals surface area contributed by atoms with Gasteiger partial charge in [-0.3, -0.25) is 4.79 Å². The molecule has 1 unspecified atom stereocenters. The number of benzene rings is 1. The Hall–Kier alpha value is -1.29. The summed E-state index contributed by atoms with van der Waals surface area (Å²) in [7, 11) is 0. The van der Waals surface area contributed by atoms with E-state index in [1.54, 1.807) is 13.0 Å². The topological polar surface area (TPSA) is 32.3 Å². The molecule has 3 nitrogen and oxygen atoms in total. The van der Waals surface area contributed by atoms with Crippen LogP contribution in [0.25, 0.3) is 0 Å². The minimum Gasteiger partial charge on any atom is -0.374 e. The number of likely N-dealkylation sites (tertiary alicyclic amines) is 1. The fraction of sp³-hybridized carbons (Fsp3) is 0.462. The van der Waals surface area contributed by atoms with Gasteiger partial charge >= 0.3 is 0 Å². The molecule has 1 atom stereocenters. The molecular formula is C13H16ClFN2O. The second-order valence-corrected chi connectivity index (χ2v) is 4.99. The molecule has 2 rings (SSSR count). The quantitative estimate of drug-likeness (QED) is 0.916. The van der Waals surface area contributed by atoms with Crippen LogP contribution in [0, 0.1) is 5.82 Å². The zero-order chi connectivity index (χ0) is 13.1. The first-order valence-corrected chi connectivity index (χ1v) is 6.45. The first-order valence-electron chi connectivity index (χ1n) is 6.07. The van der Waals surface area contributed by atoms with E-state index in [4.69, 9.17) is 11.6 Å². The van der Waals surface area contributed by atoms with Gasteiger partial charge in [0.25, 0.3) is 0 Å². The highest BCUT2D eigenvalue weighted by Gasteiger charge is 2.23. The maximum absolute atomic E-state index is 13.2. The molecule has 0 aromatic heterocycles. The molecule has 1 aliphatic heterocycles. The van der Waals surface area contributed by atoms with Gasteiger partial charge in [-0.05, 0) is 38.0 Å². The molecule has 5 heteroatoms. The molecule has 1 aliphatic rings. The maximum atomic E-state index is 13.2. The SMILES string of the molecule is CC(Nc1cc(F)cc(Cl)c1)C(=O)N1CCCC1. The van der Waals surface area contributed by atoms with Crippen molar-refractivity contribution in [3.8, 4) is 0 Å². The number of anilines is 1. The third kappa shape index (κ3) is 3.13. The summed E-state index contributed by atoms with van der Waals surface area (Å²) in [6.45, 7) is 3.41. The van der Waals surface area contributed by atoms with E-state index in [9.17, 15) is 9.18 Å². The molecule has 98 valence electrons. The zero-order valence-corrected chi connectivity index (χ0v) is 11.0. The number of nitrogens with zero attached hydrogens (tertiary/aromatic N) is 1. The van der Waals surface area contributed by atoms with E-state index >= 15 is 0 Å². The van der Waals surface area contributed by atoms with Gasteiger partial charge < -0.3 is 10.2 Å². The second-order valence-electron chi connectivity index (χ2n) is 4.56. The van der Waals surface area contributed by atoms with E-state index in [1.165, 1.54) is 12.1 Å². The molecule has 0 spiro atoms. The van der Waals surface area contributed by atoms with Gasteiger partial charge in [0.2, 0.25) is 5.91 Å². The number of carbonyl (C=O) groups excluding carboxylic acids is 1. The lowest BCUT2D eigenvalue weighted by molar-refractivity contribution is -0.130. The van der Waals surface area contributed by atoms with Crippen molar-refractivity contribution in [3.05, 3.63) is 29.0 Å². The molecule has 18 heavy (non-hydrogen) atoms. The molecule has 0 aliphatic carbocycles. The molecule has 0 saturated carbocycles. The van der Waals surface area contributed by atoms with Crippen LogP contribution in [-0.2, 0) is 4.79 Å². The zero-order valence-electron chi connectivity index (χ0n) is 10.2. The summed E-state index contributed by atoms with van der Waals surface area (Å²) < 4.78 is 13.2. The fourth-order valence-corrected chi connectivity index (χ4v) is 2.38. The molecule has 1 saturated heterocycles. The average Bonchev–Trinajstić information content (AvgIpc) is 2.79. The Labute approximate surface area is 111 Å². The van der Waals surface area contributed by atoms with E-state index in [0.29, 0.717) is 10.7 Å². The van der Waals surface area contributed by atoms with Crippen molar-refractivity contribution in [2.45, 2.75) is 25.8 Å². The van der Waals surface area contributed by atoms with Crippen molar-refractivity contribution in [2.24, 2.45) is 0 Å². The Morgan fingerprint density at radius 1 is 1.39 bits per heavy atom. The van der Waals surface area contributed by atoms with E-state index in [1.807, 2.05) is 4.90 Å². The number of rotatable bonds is 3. The second kappa shape index (κ2) is 5.57. The van der Waals surface area contributed by atoms with Gasteiger partial charge in [0.15, 0.2) is 0 Å². The van der Waals surface area contributed by atoms with Gasteiger partial charge in [-0.2, -0.15) is 0 Å². The highest BCUT2D eigenvalue weighted by atomic mass is 35.5. The highest BCUT2D eigenvalue weighted by Crippen LogP contribution is 2.19. The third-order valence-corrected chi connectivity index (χ3v) is 3.25. The van der Waals surface area contributed by atoms with Gasteiger partial charge in [-0.1, -0.05) is 11.6 Å². The number of amides is 1. The summed E-state index contributed by atoms with van der Waals surface area (Å²) in [5.41, 5.74) is 0.528. The van der Waals surface area contributed by atoms with Crippen LogP contribution in [0.3, 0.4) is 0 Å². The summed E-state index contributed by atoms with van der Waals surface area (Å²) in [6, 6.07) is 3.80. The molecule has 0 radical (unpaired) electrons. The number of carbonyl (C=O) groups is 1. The number of hydrogen-bond donors (Lipinski definition) is 1. The first-order chi connectivity index (χ1) is 8.56. The Morgan fingerprint density at radius 3 is 2.67 bits per heavy atom. The molecule has 1 aromatic rings. The van der Waals surface area contributed by atoms with Crippen LogP contribution < -0.4 is 5.32 Å². The normalized spacial score (nSPS) is 16.7. The lowest BCUT2D eigenvalue weighted by Gasteiger charge is -2.22. The Balaban J connectivity index is 2.01. The average molecular weight is 271 g/mol. The van der Waals surface area contributed by atoms with Crippen molar-refractivity contribution >= 4 is 23.2 Å². The van der Waals surface area contributed by atoms with Crippen LogP contribution in [0.2, 0.25) is 5.02 Å². The predicted octanol–water partition coefficient (Wildman–Crippen LogP) is 2.90. The van der Waals surface area contributed by atoms with E-state index in [0.717, 1.165) is 25.9 Å². The fourth-order valence-electron chi connectivity index (χ4n) is 2.16. The van der Waals surface area contributed by atoms with Crippen LogP contribution in [0.15, 0.2) is 18.2 Å². The maximum Gasteiger partial charge on any atom is 0.244 e. The van der Waals surface area contributed by atoms with Crippen LogP contribution in [0.1, 0.15) is 19.8 Å². The lowest BCUT2D eigenvalue weighted by atomic mass is 10.2. The first kappa shape index (κ1) is 13.1. The minimum atomic E-state index is -0.411. The smallest absolute Gasteiger partial charge is 0.244 e. The molecule has 1 amide bonds. The van der Waals surface area contributed by atoms with Crippen molar-refractivity contribution in [2.75, 3.05) is 18.4 Å². The van der Waals surface area contributed by atoms with Gasteiger partial charge in [0, 0.05) is 23.8 Å². The van der Waals surface area contributed by atoms with Gasteiger partial charge in [-0.25, -0.2) is 4.39 Å². The largest absolute Gasteiger partial charge is 0.374 e. The van der Waals surface area contributed by atoms with E-state index < -0.39 is 5.82 Å². The van der Waals surface area contributed by atoms with Gasteiger partial charge in [0.05, 0.1) is 0 Å². The molecule has 0 bridgehead atoms. The van der Waals surface area contributed by atoms with Crippen molar-refractivity contribution < 1.29 is 9.18 Å². The molecule has 1 N–H and O–H groups in total. The third-order valence-electron chi connectivity index (χ3n) is 3.03. The van der Waals surface area contributed by atoms with Crippen LogP contribution in [0.4, 0.5) is 10.1 Å². The number of hydrogen-bond acceptors (Lipinski definition) is 2. The minimum absolute atomic E-state index is 0.0490. The van der Waals surface area contributed by atoms with Crippen LogP contribution in [-0.4, -0.2) is 29.9 Å². The van der Waals surface area contributed by atoms with Crippen LogP contribution in [0.5, 0.6) is 0 Å². The van der Waals surface area contributed by atoms with E-state index in [2.05, 4.69) is 5.32 Å². The van der Waals surface area contributed by atoms with Crippen molar-refractivity contribution in [1.29, 1.82) is 0 Å². The predicted molar refractivity (Wildman–Crippen MR) is 70.3 cm³/mol. The van der Waals surface area contributed by atoms with Crippen molar-refractivity contribution in [1.82, 2.24) is 4.90 Å². The van der Waals surface area contributed by atoms with Gasteiger partial charge in [0.1, 0.15) is 11.9 Å². The summed E-state index contributed by atoms with van der Waals surface area (Å²) in [5.74, 6) is -0.362. The van der Waals surface area contributed by atoms with Gasteiger partial charge in [-0.15, -0.1) is 0 Å². The highest BCUT2D eigenvalue weighted by molar-refractivity contribution is 6.30. The summed E-state index contributed by atoms with van der Waals surface area (Å²) in [5, 5.41) is 3.30. The van der Waals surface area contributed by atoms with E-state index in [-0.39, 0.29) is 11.9 Å². The molecular weight excluding hydrogens is 255 g/mol. The summed E-state index contributed by atoms with van der Waals surface area (Å²) >= 11 is 5.76. The summed E-state index contributed by atoms with van der Waals surface area (Å²) in [4.78, 5) is 13.9. The summed E-state index contributed by atoms with van der Waals surface area (Å²) in [6.07, 6.45) is 2.12. The standard InChI is InChI=1S/C13H16ClFN2O/c1-9(13(18)17-4-2-3-5-17)16-12-7-10(14)6-11(15)8-12/h6-9,16H,2-5H2,1H3. The van der Waals surface area contributed by atoms with Crippen molar-refractivity contribution in [3.63, 3.8) is 0 Å². The van der Waals surface area contributed by atoms with Crippen LogP contribution >= 0.6 is 11.6 Å². The molecule has 1 heterocycles.